The van der Waals surface area contributed by atoms with Gasteiger partial charge >= 0.3 is 0 Å². The van der Waals surface area contributed by atoms with Gasteiger partial charge in [0.25, 0.3) is 0 Å². The minimum absolute atomic E-state index is 0.0265. The molecule has 0 fully saturated rings. The van der Waals surface area contributed by atoms with Crippen molar-refractivity contribution >= 4 is 11.9 Å². The molecule has 2 aromatic rings. The van der Waals surface area contributed by atoms with E-state index in [-0.39, 0.29) is 6.17 Å². The van der Waals surface area contributed by atoms with Gasteiger partial charge in [0.15, 0.2) is 6.17 Å². The van der Waals surface area contributed by atoms with Crippen molar-refractivity contribution in [1.29, 1.82) is 0 Å². The molecule has 88 valence electrons. The minimum Gasteiger partial charge on any atom is -0.322 e. The molecule has 0 amide bonds. The summed E-state index contributed by atoms with van der Waals surface area (Å²) in [5.41, 5.74) is 2.35. The lowest BCUT2D eigenvalue weighted by molar-refractivity contribution is 0.730. The maximum absolute atomic E-state index is 4.57. The van der Waals surface area contributed by atoms with Gasteiger partial charge in [-0.25, -0.2) is 0 Å². The van der Waals surface area contributed by atoms with E-state index in [4.69, 9.17) is 0 Å². The van der Waals surface area contributed by atoms with Crippen molar-refractivity contribution in [2.24, 2.45) is 4.99 Å². The largest absolute Gasteiger partial charge is 0.322 e. The van der Waals surface area contributed by atoms with Crippen molar-refractivity contribution in [3.05, 3.63) is 78.5 Å². The molecule has 1 atom stereocenters. The van der Waals surface area contributed by atoms with Gasteiger partial charge < -0.3 is 4.90 Å². The van der Waals surface area contributed by atoms with Crippen molar-refractivity contribution in [3.8, 4) is 0 Å². The Labute approximate surface area is 107 Å². The molecule has 1 unspecified atom stereocenters. The van der Waals surface area contributed by atoms with Gasteiger partial charge in [-0.1, -0.05) is 48.5 Å². The fraction of sp³-hybridized carbons (Fsp3) is 0.0625. The second-order valence-electron chi connectivity index (χ2n) is 4.17. The summed E-state index contributed by atoms with van der Waals surface area (Å²) in [6.07, 6.45) is 5.92. The summed E-state index contributed by atoms with van der Waals surface area (Å²) in [4.78, 5) is 6.75. The Balaban J connectivity index is 1.98. The Morgan fingerprint density at radius 1 is 0.833 bits per heavy atom. The van der Waals surface area contributed by atoms with Gasteiger partial charge in [0.05, 0.1) is 0 Å². The van der Waals surface area contributed by atoms with Gasteiger partial charge in [-0.2, -0.15) is 0 Å². The van der Waals surface area contributed by atoms with Crippen LogP contribution in [0.2, 0.25) is 0 Å². The van der Waals surface area contributed by atoms with E-state index in [9.17, 15) is 0 Å². The van der Waals surface area contributed by atoms with Crippen LogP contribution in [0.4, 0.5) is 5.69 Å². The summed E-state index contributed by atoms with van der Waals surface area (Å²) < 4.78 is 0. The summed E-state index contributed by atoms with van der Waals surface area (Å²) >= 11 is 0. The van der Waals surface area contributed by atoms with E-state index in [0.29, 0.717) is 0 Å². The molecule has 0 saturated carbocycles. The zero-order chi connectivity index (χ0) is 12.2. The number of hydrogen-bond acceptors (Lipinski definition) is 2. The molecule has 0 bridgehead atoms. The van der Waals surface area contributed by atoms with Gasteiger partial charge in [-0.3, -0.25) is 4.99 Å². The van der Waals surface area contributed by atoms with Crippen LogP contribution in [-0.4, -0.2) is 6.21 Å². The molecule has 2 aromatic carbocycles. The summed E-state index contributed by atoms with van der Waals surface area (Å²) in [5, 5.41) is 0. The number of benzene rings is 2. The van der Waals surface area contributed by atoms with Crippen LogP contribution >= 0.6 is 0 Å². The minimum atomic E-state index is 0.0265. The zero-order valence-electron chi connectivity index (χ0n) is 9.98. The van der Waals surface area contributed by atoms with E-state index in [0.717, 1.165) is 5.69 Å². The van der Waals surface area contributed by atoms with Crippen molar-refractivity contribution < 1.29 is 0 Å². The molecule has 0 spiro atoms. The van der Waals surface area contributed by atoms with E-state index in [1.54, 1.807) is 0 Å². The molecule has 1 aliphatic heterocycles. The number of allylic oxidation sites excluding steroid dienone is 1. The number of aliphatic imine (C=N–C) groups is 1. The number of anilines is 1. The fourth-order valence-corrected chi connectivity index (χ4v) is 2.12. The van der Waals surface area contributed by atoms with Crippen molar-refractivity contribution in [2.75, 3.05) is 4.90 Å². The lowest BCUT2D eigenvalue weighted by Crippen LogP contribution is -2.23. The van der Waals surface area contributed by atoms with E-state index < -0.39 is 0 Å². The molecule has 0 aromatic heterocycles. The van der Waals surface area contributed by atoms with Gasteiger partial charge in [-0.05, 0) is 23.8 Å². The van der Waals surface area contributed by atoms with Gasteiger partial charge in [0.2, 0.25) is 0 Å². The first-order valence-corrected chi connectivity index (χ1v) is 6.03. The van der Waals surface area contributed by atoms with Crippen molar-refractivity contribution in [2.45, 2.75) is 6.17 Å². The average Bonchev–Trinajstić information content (AvgIpc) is 2.49. The predicted octanol–water partition coefficient (Wildman–Crippen LogP) is 3.79. The van der Waals surface area contributed by atoms with Gasteiger partial charge in [0.1, 0.15) is 0 Å². The zero-order valence-corrected chi connectivity index (χ0v) is 9.98. The lowest BCUT2D eigenvalue weighted by atomic mass is 10.1. The summed E-state index contributed by atoms with van der Waals surface area (Å²) in [6.45, 7) is 0. The Morgan fingerprint density at radius 2 is 1.50 bits per heavy atom. The molecular weight excluding hydrogens is 220 g/mol. The highest BCUT2D eigenvalue weighted by molar-refractivity contribution is 5.75. The normalized spacial score (nSPS) is 18.0. The Bertz CT molecular complexity index is 505. The van der Waals surface area contributed by atoms with Crippen LogP contribution in [0.5, 0.6) is 0 Å². The van der Waals surface area contributed by atoms with Crippen molar-refractivity contribution in [1.82, 2.24) is 0 Å². The number of para-hydroxylation sites is 1. The van der Waals surface area contributed by atoms with E-state index >= 15 is 0 Å². The topological polar surface area (TPSA) is 15.6 Å². The fourth-order valence-electron chi connectivity index (χ4n) is 2.12. The summed E-state index contributed by atoms with van der Waals surface area (Å²) in [5.74, 6) is 0. The van der Waals surface area contributed by atoms with Crippen LogP contribution in [0, 0.1) is 0 Å². The Hall–Kier alpha value is -2.35. The SMILES string of the molecule is C1=CN(c2ccccc2)C(c2ccccc2)N=C1. The predicted molar refractivity (Wildman–Crippen MR) is 75.7 cm³/mol. The molecule has 3 rings (SSSR count). The second kappa shape index (κ2) is 4.88. The second-order valence-corrected chi connectivity index (χ2v) is 4.17. The maximum atomic E-state index is 4.57. The van der Waals surface area contributed by atoms with Crippen LogP contribution in [0.3, 0.4) is 0 Å². The Kier molecular flexibility index (Phi) is 2.92. The third kappa shape index (κ3) is 2.05. The molecule has 0 N–H and O–H groups in total. The smallest absolute Gasteiger partial charge is 0.150 e. The van der Waals surface area contributed by atoms with E-state index in [1.807, 2.05) is 48.7 Å². The highest BCUT2D eigenvalue weighted by Gasteiger charge is 2.18. The molecule has 18 heavy (non-hydrogen) atoms. The molecular formula is C16H14N2. The van der Waals surface area contributed by atoms with E-state index in [1.165, 1.54) is 5.56 Å². The molecule has 1 heterocycles. The standard InChI is InChI=1S/C16H14N2/c1-3-8-14(9-4-1)16-17-12-7-13-18(16)15-10-5-2-6-11-15/h1-13,16H. The highest BCUT2D eigenvalue weighted by atomic mass is 15.2. The molecule has 0 aliphatic carbocycles. The molecule has 0 saturated heterocycles. The average molecular weight is 234 g/mol. The molecule has 1 aliphatic rings. The lowest BCUT2D eigenvalue weighted by Gasteiger charge is -2.29. The molecule has 2 nitrogen and oxygen atoms in total. The first kappa shape index (κ1) is 10.8. The van der Waals surface area contributed by atoms with Crippen molar-refractivity contribution in [3.63, 3.8) is 0 Å². The van der Waals surface area contributed by atoms with Crippen LogP contribution in [-0.2, 0) is 0 Å². The maximum Gasteiger partial charge on any atom is 0.150 e. The summed E-state index contributed by atoms with van der Waals surface area (Å²) in [6, 6.07) is 20.7. The van der Waals surface area contributed by atoms with E-state index in [2.05, 4.69) is 40.4 Å². The molecule has 2 heteroatoms. The first-order valence-electron chi connectivity index (χ1n) is 6.03. The summed E-state index contributed by atoms with van der Waals surface area (Å²) in [7, 11) is 0. The van der Waals surface area contributed by atoms with Gasteiger partial charge in [0, 0.05) is 18.1 Å². The Morgan fingerprint density at radius 3 is 2.22 bits per heavy atom. The highest BCUT2D eigenvalue weighted by Crippen LogP contribution is 2.29. The molecule has 0 radical (unpaired) electrons. The number of nitrogens with zero attached hydrogens (tertiary/aromatic N) is 2. The quantitative estimate of drug-likeness (QED) is 0.772. The first-order chi connectivity index (χ1) is 8.95. The monoisotopic (exact) mass is 234 g/mol. The third-order valence-corrected chi connectivity index (χ3v) is 2.98. The third-order valence-electron chi connectivity index (χ3n) is 2.98. The van der Waals surface area contributed by atoms with Gasteiger partial charge in [-0.15, -0.1) is 0 Å². The van der Waals surface area contributed by atoms with Crippen LogP contribution in [0.15, 0.2) is 77.9 Å². The van der Waals surface area contributed by atoms with Crippen LogP contribution < -0.4 is 4.90 Å². The van der Waals surface area contributed by atoms with Crippen LogP contribution in [0.25, 0.3) is 0 Å². The number of rotatable bonds is 2. The number of hydrogen-bond donors (Lipinski definition) is 0. The van der Waals surface area contributed by atoms with Crippen LogP contribution in [0.1, 0.15) is 11.7 Å².